The van der Waals surface area contributed by atoms with E-state index in [1.807, 2.05) is 15.5 Å². The van der Waals surface area contributed by atoms with Crippen LogP contribution in [0.1, 0.15) is 44.1 Å². The minimum absolute atomic E-state index is 0.00150. The fraction of sp³-hybridized carbons (Fsp3) is 0.517. The van der Waals surface area contributed by atoms with E-state index in [-0.39, 0.29) is 45.3 Å². The van der Waals surface area contributed by atoms with Crippen LogP contribution in [-0.4, -0.2) is 40.9 Å². The van der Waals surface area contributed by atoms with E-state index >= 15 is 0 Å². The Bertz CT molecular complexity index is 1540. The van der Waals surface area contributed by atoms with E-state index in [9.17, 15) is 31.1 Å². The summed E-state index contributed by atoms with van der Waals surface area (Å²) in [6, 6.07) is 8.45. The maximum absolute atomic E-state index is 13.3. The van der Waals surface area contributed by atoms with Gasteiger partial charge in [-0.3, -0.25) is 4.79 Å². The number of imidazole rings is 1. The molecule has 3 aliphatic rings. The second-order valence-corrected chi connectivity index (χ2v) is 12.6. The van der Waals surface area contributed by atoms with Crippen molar-refractivity contribution in [3.63, 3.8) is 0 Å². The molecular formula is C29H29Cl2F6N5O. The summed E-state index contributed by atoms with van der Waals surface area (Å²) in [5.74, 6) is -1.44. The Balaban J connectivity index is 1.24. The monoisotopic (exact) mass is 647 g/mol. The lowest BCUT2D eigenvalue weighted by molar-refractivity contribution is -0.192. The zero-order valence-electron chi connectivity index (χ0n) is 22.9. The van der Waals surface area contributed by atoms with Gasteiger partial charge in [-0.15, -0.1) is 0 Å². The first-order valence-electron chi connectivity index (χ1n) is 14.2. The van der Waals surface area contributed by atoms with Crippen molar-refractivity contribution in [2.75, 3.05) is 23.3 Å². The highest BCUT2D eigenvalue weighted by Crippen LogP contribution is 2.57. The van der Waals surface area contributed by atoms with Crippen LogP contribution < -0.4 is 15.5 Å². The molecule has 6 nitrogen and oxygen atoms in total. The predicted octanol–water partition coefficient (Wildman–Crippen LogP) is 8.23. The van der Waals surface area contributed by atoms with E-state index in [0.717, 1.165) is 18.4 Å². The van der Waals surface area contributed by atoms with Gasteiger partial charge in [0.2, 0.25) is 11.9 Å². The molecule has 2 N–H and O–H groups in total. The first-order valence-corrected chi connectivity index (χ1v) is 14.9. The molecule has 2 aromatic carbocycles. The molecule has 3 fully saturated rings. The van der Waals surface area contributed by atoms with E-state index in [4.69, 9.17) is 28.2 Å². The molecule has 43 heavy (non-hydrogen) atoms. The van der Waals surface area contributed by atoms with Crippen LogP contribution in [0.3, 0.4) is 0 Å². The standard InChI is InChI=1S/C29H29Cl2F6N5O/c30-19-4-3-17(14-38-25(43)27(7-8-27)29(35,36)37)11-21(19)39-26-40-22-12-20(31)23(13-24(22)42(26)15-16-1-2-16)41-9-5-18(6-10-41)28(32,33)34/h3-4,11-13,16,18H,1-2,5-10,14-15H2,(H,38,43)(H,39,40). The highest BCUT2D eigenvalue weighted by atomic mass is 35.5. The van der Waals surface area contributed by atoms with Crippen LogP contribution in [0, 0.1) is 17.3 Å². The summed E-state index contributed by atoms with van der Waals surface area (Å²) < 4.78 is 81.6. The number of hydrogen-bond donors (Lipinski definition) is 2. The van der Waals surface area contributed by atoms with Crippen LogP contribution in [0.25, 0.3) is 11.0 Å². The molecular weight excluding hydrogens is 619 g/mol. The van der Waals surface area contributed by atoms with Gasteiger partial charge in [-0.1, -0.05) is 29.3 Å². The Kier molecular flexibility index (Phi) is 7.68. The molecule has 1 amide bonds. The van der Waals surface area contributed by atoms with Gasteiger partial charge < -0.3 is 20.1 Å². The summed E-state index contributed by atoms with van der Waals surface area (Å²) in [7, 11) is 0. The van der Waals surface area contributed by atoms with Gasteiger partial charge in [-0.2, -0.15) is 26.3 Å². The second-order valence-electron chi connectivity index (χ2n) is 11.8. The number of nitrogens with zero attached hydrogens (tertiary/aromatic N) is 3. The van der Waals surface area contributed by atoms with Crippen molar-refractivity contribution in [2.45, 2.75) is 64.0 Å². The molecule has 2 aliphatic carbocycles. The summed E-state index contributed by atoms with van der Waals surface area (Å²) in [5, 5.41) is 6.39. The lowest BCUT2D eigenvalue weighted by Gasteiger charge is -2.34. The molecule has 0 bridgehead atoms. The second kappa shape index (κ2) is 10.9. The molecule has 14 heteroatoms. The minimum Gasteiger partial charge on any atom is -0.370 e. The summed E-state index contributed by atoms with van der Waals surface area (Å²) in [5.41, 5.74) is 0.731. The lowest BCUT2D eigenvalue weighted by Crippen LogP contribution is -2.40. The molecule has 6 rings (SSSR count). The van der Waals surface area contributed by atoms with Crippen molar-refractivity contribution in [1.82, 2.24) is 14.9 Å². The van der Waals surface area contributed by atoms with E-state index in [2.05, 4.69) is 10.6 Å². The van der Waals surface area contributed by atoms with E-state index < -0.39 is 29.6 Å². The van der Waals surface area contributed by atoms with Crippen molar-refractivity contribution < 1.29 is 31.1 Å². The zero-order valence-corrected chi connectivity index (χ0v) is 24.4. The first-order chi connectivity index (χ1) is 20.2. The lowest BCUT2D eigenvalue weighted by atomic mass is 9.96. The summed E-state index contributed by atoms with van der Waals surface area (Å²) in [4.78, 5) is 18.9. The highest BCUT2D eigenvalue weighted by Gasteiger charge is 2.68. The normalized spacial score (nSPS) is 19.1. The predicted molar refractivity (Wildman–Crippen MR) is 153 cm³/mol. The summed E-state index contributed by atoms with van der Waals surface area (Å²) in [6.45, 7) is 1.02. The van der Waals surface area contributed by atoms with Crippen molar-refractivity contribution >= 4 is 57.5 Å². The molecule has 3 aromatic rings. The molecule has 0 radical (unpaired) electrons. The van der Waals surface area contributed by atoms with Gasteiger partial charge >= 0.3 is 12.4 Å². The Hall–Kier alpha value is -2.86. The van der Waals surface area contributed by atoms with Crippen molar-refractivity contribution in [2.24, 2.45) is 17.3 Å². The third-order valence-corrected chi connectivity index (χ3v) is 9.34. The van der Waals surface area contributed by atoms with Crippen LogP contribution >= 0.6 is 23.2 Å². The summed E-state index contributed by atoms with van der Waals surface area (Å²) in [6.07, 6.45) is -7.13. The number of carbonyl (C=O) groups excluding carboxylic acids is 1. The number of anilines is 3. The summed E-state index contributed by atoms with van der Waals surface area (Å²) >= 11 is 13.1. The van der Waals surface area contributed by atoms with Crippen molar-refractivity contribution in [3.05, 3.63) is 45.9 Å². The van der Waals surface area contributed by atoms with Crippen LogP contribution in [0.5, 0.6) is 0 Å². The Morgan fingerprint density at radius 1 is 0.977 bits per heavy atom. The average molecular weight is 648 g/mol. The number of piperidine rings is 1. The third kappa shape index (κ3) is 6.09. The number of rotatable bonds is 8. The van der Waals surface area contributed by atoms with Gasteiger partial charge in [0, 0.05) is 26.2 Å². The molecule has 0 atom stereocenters. The van der Waals surface area contributed by atoms with Gasteiger partial charge in [0.25, 0.3) is 0 Å². The minimum atomic E-state index is -4.59. The van der Waals surface area contributed by atoms with Crippen molar-refractivity contribution in [1.29, 1.82) is 0 Å². The molecule has 232 valence electrons. The fourth-order valence-electron chi connectivity index (χ4n) is 5.68. The van der Waals surface area contributed by atoms with E-state index in [0.29, 0.717) is 50.9 Å². The molecule has 2 saturated carbocycles. The third-order valence-electron chi connectivity index (χ3n) is 8.71. The smallest absolute Gasteiger partial charge is 0.370 e. The van der Waals surface area contributed by atoms with Gasteiger partial charge in [0.15, 0.2) is 0 Å². The number of hydrogen-bond acceptors (Lipinski definition) is 4. The molecule has 2 heterocycles. The first kappa shape index (κ1) is 30.2. The van der Waals surface area contributed by atoms with Crippen LogP contribution in [0.4, 0.5) is 43.7 Å². The number of amides is 1. The fourth-order valence-corrected chi connectivity index (χ4v) is 6.12. The van der Waals surface area contributed by atoms with Crippen LogP contribution in [-0.2, 0) is 17.9 Å². The maximum atomic E-state index is 13.3. The zero-order chi connectivity index (χ0) is 30.7. The topological polar surface area (TPSA) is 62.2 Å². The largest absolute Gasteiger partial charge is 0.403 e. The average Bonchev–Trinajstić information content (AvgIpc) is 3.86. The van der Waals surface area contributed by atoms with E-state index in [1.165, 1.54) is 0 Å². The van der Waals surface area contributed by atoms with Crippen molar-refractivity contribution in [3.8, 4) is 0 Å². The number of aromatic nitrogens is 2. The number of nitrogens with one attached hydrogen (secondary N) is 2. The van der Waals surface area contributed by atoms with Gasteiger partial charge in [0.1, 0.15) is 5.41 Å². The number of fused-ring (bicyclic) bond motifs is 1. The molecule has 1 aromatic heterocycles. The Morgan fingerprint density at radius 2 is 1.67 bits per heavy atom. The highest BCUT2D eigenvalue weighted by molar-refractivity contribution is 6.34. The van der Waals surface area contributed by atoms with Gasteiger partial charge in [-0.05, 0) is 74.3 Å². The Morgan fingerprint density at radius 3 is 2.28 bits per heavy atom. The SMILES string of the molecule is O=C(NCc1ccc(Cl)c(Nc2nc3cc(Cl)c(N4CCC(C(F)(F)F)CC4)cc3n2CC2CC2)c1)C1(C(F)(F)F)CC1. The molecule has 1 saturated heterocycles. The number of carbonyl (C=O) groups is 1. The molecule has 0 unspecified atom stereocenters. The van der Waals surface area contributed by atoms with Gasteiger partial charge in [-0.25, -0.2) is 4.98 Å². The quantitative estimate of drug-likeness (QED) is 0.242. The van der Waals surface area contributed by atoms with Gasteiger partial charge in [0.05, 0.1) is 38.4 Å². The van der Waals surface area contributed by atoms with Crippen LogP contribution in [0.15, 0.2) is 30.3 Å². The number of alkyl halides is 6. The van der Waals surface area contributed by atoms with E-state index in [1.54, 1.807) is 24.3 Å². The maximum Gasteiger partial charge on any atom is 0.403 e. The number of halogens is 8. The van der Waals surface area contributed by atoms with Crippen LogP contribution in [0.2, 0.25) is 10.0 Å². The number of benzene rings is 2. The Labute approximate surface area is 253 Å². The molecule has 0 spiro atoms. The molecule has 1 aliphatic heterocycles.